The van der Waals surface area contributed by atoms with Crippen molar-refractivity contribution in [2.45, 2.75) is 6.42 Å². The molecule has 0 radical (unpaired) electrons. The van der Waals surface area contributed by atoms with E-state index in [1.54, 1.807) is 5.38 Å². The molecule has 0 bridgehead atoms. The minimum atomic E-state index is -3.89. The summed E-state index contributed by atoms with van der Waals surface area (Å²) in [5.74, 6) is -0.312. The molecule has 68 valence electrons. The zero-order valence-electron chi connectivity index (χ0n) is 5.90. The molecule has 0 amide bonds. The van der Waals surface area contributed by atoms with Gasteiger partial charge in [0.25, 0.3) is 10.1 Å². The van der Waals surface area contributed by atoms with E-state index in [-0.39, 0.29) is 12.2 Å². The van der Waals surface area contributed by atoms with Crippen molar-refractivity contribution < 1.29 is 13.0 Å². The van der Waals surface area contributed by atoms with Crippen LogP contribution in [-0.2, 0) is 16.5 Å². The molecule has 0 aromatic carbocycles. The average molecular weight is 228 g/mol. The monoisotopic (exact) mass is 227 g/mol. The Morgan fingerprint density at radius 3 is 2.75 bits per heavy atom. The minimum Gasteiger partial charge on any atom is -0.286 e. The molecule has 0 aliphatic rings. The van der Waals surface area contributed by atoms with Gasteiger partial charge in [0, 0.05) is 11.8 Å². The molecular formula is C5H6ClNO3S2. The van der Waals surface area contributed by atoms with Crippen LogP contribution in [0.25, 0.3) is 0 Å². The van der Waals surface area contributed by atoms with Gasteiger partial charge >= 0.3 is 0 Å². The van der Waals surface area contributed by atoms with Gasteiger partial charge in [-0.05, 0) is 0 Å². The maximum absolute atomic E-state index is 10.3. The highest BCUT2D eigenvalue weighted by Gasteiger charge is 2.06. The quantitative estimate of drug-likeness (QED) is 0.789. The Morgan fingerprint density at radius 1 is 1.67 bits per heavy atom. The molecule has 0 unspecified atom stereocenters. The number of aromatic nitrogens is 1. The Balaban J connectivity index is 2.55. The first kappa shape index (κ1) is 9.91. The standard InChI is InChI=1S/C5H6ClNO3S2/c6-5-7-4(3-11-5)1-2-12(8,9)10/h3H,1-2H2,(H,8,9,10). The van der Waals surface area contributed by atoms with Crippen LogP contribution in [0.5, 0.6) is 0 Å². The van der Waals surface area contributed by atoms with E-state index in [1.165, 1.54) is 11.3 Å². The minimum absolute atomic E-state index is 0.196. The van der Waals surface area contributed by atoms with E-state index in [1.807, 2.05) is 0 Å². The molecule has 1 heterocycles. The third-order valence-corrected chi connectivity index (χ3v) is 2.89. The Hall–Kier alpha value is -0.170. The lowest BCUT2D eigenvalue weighted by molar-refractivity contribution is 0.482. The van der Waals surface area contributed by atoms with Crippen LogP contribution in [0.1, 0.15) is 5.69 Å². The van der Waals surface area contributed by atoms with Gasteiger partial charge in [-0.3, -0.25) is 4.55 Å². The Labute approximate surface area is 79.0 Å². The summed E-state index contributed by atoms with van der Waals surface area (Å²) in [6.07, 6.45) is 0.196. The van der Waals surface area contributed by atoms with Gasteiger partial charge in [-0.25, -0.2) is 4.98 Å². The molecule has 0 aliphatic heterocycles. The van der Waals surface area contributed by atoms with Crippen molar-refractivity contribution in [3.8, 4) is 0 Å². The van der Waals surface area contributed by atoms with Crippen molar-refractivity contribution in [2.75, 3.05) is 5.75 Å². The second-order valence-corrected chi connectivity index (χ2v) is 5.14. The number of halogens is 1. The molecular weight excluding hydrogens is 222 g/mol. The SMILES string of the molecule is O=S(=O)(O)CCc1csc(Cl)n1. The van der Waals surface area contributed by atoms with E-state index in [0.717, 1.165) is 0 Å². The molecule has 7 heteroatoms. The summed E-state index contributed by atoms with van der Waals surface area (Å²) in [6, 6.07) is 0. The van der Waals surface area contributed by atoms with Crippen molar-refractivity contribution >= 4 is 33.1 Å². The topological polar surface area (TPSA) is 67.3 Å². The smallest absolute Gasteiger partial charge is 0.265 e. The highest BCUT2D eigenvalue weighted by Crippen LogP contribution is 2.15. The second-order valence-electron chi connectivity index (χ2n) is 2.13. The highest BCUT2D eigenvalue weighted by molar-refractivity contribution is 7.85. The molecule has 12 heavy (non-hydrogen) atoms. The molecule has 0 atom stereocenters. The Bertz CT molecular complexity index is 359. The molecule has 1 rings (SSSR count). The molecule has 0 saturated heterocycles. The molecule has 1 aromatic rings. The van der Waals surface area contributed by atoms with Crippen LogP contribution in [0.15, 0.2) is 5.38 Å². The summed E-state index contributed by atoms with van der Waals surface area (Å²) < 4.78 is 29.4. The summed E-state index contributed by atoms with van der Waals surface area (Å²) in [4.78, 5) is 3.82. The van der Waals surface area contributed by atoms with Crippen LogP contribution < -0.4 is 0 Å². The van der Waals surface area contributed by atoms with E-state index in [9.17, 15) is 8.42 Å². The molecule has 0 saturated carbocycles. The van der Waals surface area contributed by atoms with Gasteiger partial charge in [0.05, 0.1) is 11.4 Å². The predicted molar refractivity (Wildman–Crippen MR) is 47.2 cm³/mol. The number of nitrogens with zero attached hydrogens (tertiary/aromatic N) is 1. The molecule has 1 N–H and O–H groups in total. The van der Waals surface area contributed by atoms with Crippen molar-refractivity contribution in [3.05, 3.63) is 15.5 Å². The average Bonchev–Trinajstić information content (AvgIpc) is 2.30. The maximum atomic E-state index is 10.3. The normalized spacial score (nSPS) is 11.8. The molecule has 0 spiro atoms. The van der Waals surface area contributed by atoms with Gasteiger partial charge in [0.2, 0.25) is 0 Å². The number of hydrogen-bond acceptors (Lipinski definition) is 4. The lowest BCUT2D eigenvalue weighted by Crippen LogP contribution is -2.06. The summed E-state index contributed by atoms with van der Waals surface area (Å²) in [7, 11) is -3.89. The van der Waals surface area contributed by atoms with Gasteiger partial charge in [0.15, 0.2) is 4.47 Å². The fourth-order valence-electron chi connectivity index (χ4n) is 0.631. The summed E-state index contributed by atoms with van der Waals surface area (Å²) in [5.41, 5.74) is 0.586. The van der Waals surface area contributed by atoms with E-state index < -0.39 is 10.1 Å². The third kappa shape index (κ3) is 3.48. The van der Waals surface area contributed by atoms with Crippen molar-refractivity contribution in [1.82, 2.24) is 4.98 Å². The third-order valence-electron chi connectivity index (χ3n) is 1.14. The molecule has 0 aliphatic carbocycles. The van der Waals surface area contributed by atoms with Gasteiger partial charge in [-0.2, -0.15) is 8.42 Å². The summed E-state index contributed by atoms with van der Waals surface area (Å²) in [5, 5.41) is 1.66. The number of hydrogen-bond donors (Lipinski definition) is 1. The van der Waals surface area contributed by atoms with Crippen molar-refractivity contribution in [3.63, 3.8) is 0 Å². The highest BCUT2D eigenvalue weighted by atomic mass is 35.5. The molecule has 1 aromatic heterocycles. The molecule has 4 nitrogen and oxygen atoms in total. The summed E-state index contributed by atoms with van der Waals surface area (Å²) >= 11 is 6.74. The zero-order valence-corrected chi connectivity index (χ0v) is 8.29. The van der Waals surface area contributed by atoms with Crippen LogP contribution >= 0.6 is 22.9 Å². The fourth-order valence-corrected chi connectivity index (χ4v) is 1.91. The largest absolute Gasteiger partial charge is 0.286 e. The van der Waals surface area contributed by atoms with Crippen LogP contribution in [0.2, 0.25) is 4.47 Å². The van der Waals surface area contributed by atoms with E-state index in [0.29, 0.717) is 10.2 Å². The van der Waals surface area contributed by atoms with E-state index >= 15 is 0 Å². The van der Waals surface area contributed by atoms with E-state index in [4.69, 9.17) is 16.2 Å². The van der Waals surface area contributed by atoms with Gasteiger partial charge in [0.1, 0.15) is 0 Å². The fraction of sp³-hybridized carbons (Fsp3) is 0.400. The van der Waals surface area contributed by atoms with Crippen LogP contribution in [0.4, 0.5) is 0 Å². The van der Waals surface area contributed by atoms with Gasteiger partial charge in [-0.15, -0.1) is 11.3 Å². The zero-order chi connectivity index (χ0) is 9.19. The van der Waals surface area contributed by atoms with Crippen LogP contribution in [-0.4, -0.2) is 23.7 Å². The van der Waals surface area contributed by atoms with E-state index in [2.05, 4.69) is 4.98 Å². The maximum Gasteiger partial charge on any atom is 0.265 e. The van der Waals surface area contributed by atoms with Crippen molar-refractivity contribution in [2.24, 2.45) is 0 Å². The Kier molecular flexibility index (Phi) is 3.05. The lowest BCUT2D eigenvalue weighted by Gasteiger charge is -1.92. The summed E-state index contributed by atoms with van der Waals surface area (Å²) in [6.45, 7) is 0. The van der Waals surface area contributed by atoms with Crippen LogP contribution in [0.3, 0.4) is 0 Å². The Morgan fingerprint density at radius 2 is 2.33 bits per heavy atom. The number of thiazole rings is 1. The first-order valence-corrected chi connectivity index (χ1v) is 5.89. The van der Waals surface area contributed by atoms with Gasteiger partial charge in [-0.1, -0.05) is 11.6 Å². The first-order chi connectivity index (χ1) is 5.47. The van der Waals surface area contributed by atoms with Crippen LogP contribution in [0, 0.1) is 0 Å². The number of rotatable bonds is 3. The second kappa shape index (κ2) is 3.69. The first-order valence-electron chi connectivity index (χ1n) is 3.02. The van der Waals surface area contributed by atoms with Crippen molar-refractivity contribution in [1.29, 1.82) is 0 Å². The van der Waals surface area contributed by atoms with Gasteiger partial charge < -0.3 is 0 Å². The lowest BCUT2D eigenvalue weighted by atomic mass is 10.4. The predicted octanol–water partition coefficient (Wildman–Crippen LogP) is 1.23. The molecule has 0 fully saturated rings. The number of aryl methyl sites for hydroxylation is 1.